The fourth-order valence-electron chi connectivity index (χ4n) is 4.10. The van der Waals surface area contributed by atoms with Crippen LogP contribution in [0.4, 0.5) is 0 Å². The lowest BCUT2D eigenvalue weighted by Gasteiger charge is -2.47. The third-order valence-corrected chi connectivity index (χ3v) is 5.18. The second-order valence-corrected chi connectivity index (χ2v) is 6.30. The quantitative estimate of drug-likeness (QED) is 0.907. The highest BCUT2D eigenvalue weighted by molar-refractivity contribution is 5.13. The molecule has 1 unspecified atom stereocenters. The summed E-state index contributed by atoms with van der Waals surface area (Å²) in [7, 11) is 0. The molecular weight excluding hydrogens is 236 g/mol. The molecule has 1 saturated carbocycles. The summed E-state index contributed by atoms with van der Waals surface area (Å²) in [5.41, 5.74) is 8.16. The number of rotatable bonds is 4. The highest BCUT2D eigenvalue weighted by atomic mass is 16.3. The van der Waals surface area contributed by atoms with Gasteiger partial charge in [-0.3, -0.25) is 4.90 Å². The minimum absolute atomic E-state index is 0.241. The number of nitrogens with zero attached hydrogens (tertiary/aromatic N) is 1. The fourth-order valence-corrected chi connectivity index (χ4v) is 4.10. The Labute approximate surface area is 116 Å². The van der Waals surface area contributed by atoms with Crippen molar-refractivity contribution in [2.45, 2.75) is 62.9 Å². The molecule has 1 aromatic heterocycles. The first kappa shape index (κ1) is 13.2. The molecule has 3 heteroatoms. The number of hydrogen-bond donors (Lipinski definition) is 1. The summed E-state index contributed by atoms with van der Waals surface area (Å²) in [6.45, 7) is 2.50. The topological polar surface area (TPSA) is 42.4 Å². The summed E-state index contributed by atoms with van der Waals surface area (Å²) in [6.07, 6.45) is 13.9. The highest BCUT2D eigenvalue weighted by Crippen LogP contribution is 2.39. The second-order valence-electron chi connectivity index (χ2n) is 6.30. The lowest BCUT2D eigenvalue weighted by molar-refractivity contribution is 0.0482. The van der Waals surface area contributed by atoms with Crippen molar-refractivity contribution < 1.29 is 4.42 Å². The van der Waals surface area contributed by atoms with Gasteiger partial charge in [0.2, 0.25) is 0 Å². The van der Waals surface area contributed by atoms with Gasteiger partial charge in [-0.15, -0.1) is 0 Å². The molecule has 1 saturated heterocycles. The molecule has 2 N–H and O–H groups in total. The van der Waals surface area contributed by atoms with Crippen molar-refractivity contribution in [1.29, 1.82) is 0 Å². The van der Waals surface area contributed by atoms with Gasteiger partial charge in [0.1, 0.15) is 0 Å². The molecule has 19 heavy (non-hydrogen) atoms. The molecule has 1 atom stereocenters. The van der Waals surface area contributed by atoms with E-state index in [0.29, 0.717) is 0 Å². The number of likely N-dealkylation sites (tertiary alicyclic amines) is 1. The van der Waals surface area contributed by atoms with Crippen LogP contribution in [0.3, 0.4) is 0 Å². The predicted molar refractivity (Wildman–Crippen MR) is 77.0 cm³/mol. The maximum absolute atomic E-state index is 6.65. The van der Waals surface area contributed by atoms with Gasteiger partial charge in [0.05, 0.1) is 12.5 Å². The third kappa shape index (κ3) is 2.59. The van der Waals surface area contributed by atoms with Gasteiger partial charge in [0, 0.05) is 11.6 Å². The SMILES string of the molecule is NC(Cc1ccoc1)C1(N2CCCCC2)CCCC1. The summed E-state index contributed by atoms with van der Waals surface area (Å²) >= 11 is 0. The smallest absolute Gasteiger partial charge is 0.0935 e. The van der Waals surface area contributed by atoms with Gasteiger partial charge in [0.15, 0.2) is 0 Å². The molecule has 1 aromatic rings. The molecule has 3 rings (SSSR count). The van der Waals surface area contributed by atoms with Crippen molar-refractivity contribution in [3.05, 3.63) is 24.2 Å². The largest absolute Gasteiger partial charge is 0.472 e. The molecule has 0 aromatic carbocycles. The number of hydrogen-bond acceptors (Lipinski definition) is 3. The molecular formula is C16H26N2O. The van der Waals surface area contributed by atoms with Crippen LogP contribution >= 0.6 is 0 Å². The van der Waals surface area contributed by atoms with E-state index in [4.69, 9.17) is 10.2 Å². The van der Waals surface area contributed by atoms with E-state index >= 15 is 0 Å². The van der Waals surface area contributed by atoms with Crippen molar-refractivity contribution in [2.75, 3.05) is 13.1 Å². The van der Waals surface area contributed by atoms with Gasteiger partial charge < -0.3 is 10.2 Å². The van der Waals surface area contributed by atoms with E-state index < -0.39 is 0 Å². The van der Waals surface area contributed by atoms with E-state index in [2.05, 4.69) is 11.0 Å². The van der Waals surface area contributed by atoms with Crippen molar-refractivity contribution in [1.82, 2.24) is 4.90 Å². The zero-order valence-corrected chi connectivity index (χ0v) is 11.8. The van der Waals surface area contributed by atoms with Crippen LogP contribution in [0.2, 0.25) is 0 Å². The van der Waals surface area contributed by atoms with Crippen molar-refractivity contribution >= 4 is 0 Å². The first-order valence-electron chi connectivity index (χ1n) is 7.83. The molecule has 2 aliphatic rings. The standard InChI is InChI=1S/C16H26N2O/c17-15(12-14-6-11-19-13-14)16(7-2-3-8-16)18-9-4-1-5-10-18/h6,11,13,15H,1-5,7-10,12,17H2. The van der Waals surface area contributed by atoms with Crippen LogP contribution < -0.4 is 5.73 Å². The fraction of sp³-hybridized carbons (Fsp3) is 0.750. The highest BCUT2D eigenvalue weighted by Gasteiger charge is 2.44. The van der Waals surface area contributed by atoms with Crippen molar-refractivity contribution in [3.63, 3.8) is 0 Å². The Hall–Kier alpha value is -0.800. The summed E-state index contributed by atoms with van der Waals surface area (Å²) in [5, 5.41) is 0. The van der Waals surface area contributed by atoms with E-state index in [0.717, 1.165) is 6.42 Å². The number of nitrogens with two attached hydrogens (primary N) is 1. The first-order valence-corrected chi connectivity index (χ1v) is 7.83. The van der Waals surface area contributed by atoms with Crippen LogP contribution in [-0.4, -0.2) is 29.6 Å². The Bertz CT molecular complexity index is 375. The Kier molecular flexibility index (Phi) is 3.94. The normalized spacial score (nSPS) is 25.5. The Morgan fingerprint density at radius 1 is 1.16 bits per heavy atom. The minimum Gasteiger partial charge on any atom is -0.472 e. The molecule has 1 aliphatic heterocycles. The maximum atomic E-state index is 6.65. The van der Waals surface area contributed by atoms with Gasteiger partial charge in [-0.05, 0) is 56.8 Å². The Morgan fingerprint density at radius 3 is 2.53 bits per heavy atom. The van der Waals surface area contributed by atoms with E-state index in [1.807, 2.05) is 6.26 Å². The van der Waals surface area contributed by atoms with Crippen molar-refractivity contribution in [3.8, 4) is 0 Å². The van der Waals surface area contributed by atoms with Crippen molar-refractivity contribution in [2.24, 2.45) is 5.73 Å². The van der Waals surface area contributed by atoms with Crippen LogP contribution in [0.25, 0.3) is 0 Å². The lowest BCUT2D eigenvalue weighted by Crippen LogP contribution is -2.60. The Balaban J connectivity index is 1.75. The van der Waals surface area contributed by atoms with E-state index in [-0.39, 0.29) is 11.6 Å². The predicted octanol–water partition coefficient (Wildman–Crippen LogP) is 2.95. The summed E-state index contributed by atoms with van der Waals surface area (Å²) in [6, 6.07) is 2.30. The molecule has 0 amide bonds. The first-order chi connectivity index (χ1) is 9.31. The minimum atomic E-state index is 0.241. The number of piperidine rings is 1. The summed E-state index contributed by atoms with van der Waals surface area (Å²) < 4.78 is 5.19. The molecule has 0 radical (unpaired) electrons. The average molecular weight is 262 g/mol. The number of furan rings is 1. The van der Waals surface area contributed by atoms with Gasteiger partial charge in [-0.1, -0.05) is 19.3 Å². The van der Waals surface area contributed by atoms with Crippen LogP contribution in [0.15, 0.2) is 23.0 Å². The van der Waals surface area contributed by atoms with E-state index in [1.165, 1.54) is 63.6 Å². The van der Waals surface area contributed by atoms with E-state index in [1.54, 1.807) is 6.26 Å². The molecule has 2 heterocycles. The second kappa shape index (κ2) is 5.68. The summed E-state index contributed by atoms with van der Waals surface area (Å²) in [4.78, 5) is 2.72. The molecule has 106 valence electrons. The zero-order valence-electron chi connectivity index (χ0n) is 11.8. The van der Waals surface area contributed by atoms with Gasteiger partial charge >= 0.3 is 0 Å². The van der Waals surface area contributed by atoms with Crippen LogP contribution in [-0.2, 0) is 6.42 Å². The molecule has 1 aliphatic carbocycles. The molecule has 3 nitrogen and oxygen atoms in total. The molecule has 2 fully saturated rings. The Morgan fingerprint density at radius 2 is 1.89 bits per heavy atom. The zero-order chi connectivity index (χ0) is 13.1. The van der Waals surface area contributed by atoms with Crippen LogP contribution in [0.5, 0.6) is 0 Å². The van der Waals surface area contributed by atoms with Gasteiger partial charge in [0.25, 0.3) is 0 Å². The molecule has 0 spiro atoms. The monoisotopic (exact) mass is 262 g/mol. The third-order valence-electron chi connectivity index (χ3n) is 5.18. The summed E-state index contributed by atoms with van der Waals surface area (Å²) in [5.74, 6) is 0. The maximum Gasteiger partial charge on any atom is 0.0935 e. The van der Waals surface area contributed by atoms with Gasteiger partial charge in [-0.2, -0.15) is 0 Å². The van der Waals surface area contributed by atoms with Crippen LogP contribution in [0.1, 0.15) is 50.5 Å². The lowest BCUT2D eigenvalue weighted by atomic mass is 9.82. The van der Waals surface area contributed by atoms with E-state index in [9.17, 15) is 0 Å². The molecule has 0 bridgehead atoms. The van der Waals surface area contributed by atoms with Gasteiger partial charge in [-0.25, -0.2) is 0 Å². The van der Waals surface area contributed by atoms with Crippen LogP contribution in [0, 0.1) is 0 Å². The average Bonchev–Trinajstić information content (AvgIpc) is 3.11.